The SMILES string of the molecule is O=C1C(=Cc2ccc(O)cc2)N=C(c2ccccc2)N1c1ccc([N+](=O)[O-])cc1O. The van der Waals surface area contributed by atoms with E-state index in [9.17, 15) is 25.1 Å². The van der Waals surface area contributed by atoms with Gasteiger partial charge in [-0.1, -0.05) is 42.5 Å². The van der Waals surface area contributed by atoms with Crippen molar-refractivity contribution in [3.05, 3.63) is 99.7 Å². The molecule has 0 fully saturated rings. The van der Waals surface area contributed by atoms with Gasteiger partial charge in [0.25, 0.3) is 11.6 Å². The molecular weight excluding hydrogens is 386 g/mol. The Morgan fingerprint density at radius 1 is 0.967 bits per heavy atom. The fourth-order valence-corrected chi connectivity index (χ4v) is 3.06. The normalized spacial score (nSPS) is 14.8. The van der Waals surface area contributed by atoms with Crippen molar-refractivity contribution < 1.29 is 19.9 Å². The first-order valence-corrected chi connectivity index (χ1v) is 8.91. The van der Waals surface area contributed by atoms with Crippen LogP contribution in [0.15, 0.2) is 83.5 Å². The van der Waals surface area contributed by atoms with Crippen molar-refractivity contribution in [2.24, 2.45) is 4.99 Å². The zero-order valence-electron chi connectivity index (χ0n) is 15.5. The van der Waals surface area contributed by atoms with Crippen LogP contribution in [0, 0.1) is 10.1 Å². The minimum atomic E-state index is -0.627. The maximum Gasteiger partial charge on any atom is 0.282 e. The lowest BCUT2D eigenvalue weighted by molar-refractivity contribution is -0.384. The second-order valence-corrected chi connectivity index (χ2v) is 6.49. The van der Waals surface area contributed by atoms with E-state index in [4.69, 9.17) is 0 Å². The molecule has 1 aliphatic heterocycles. The zero-order valence-corrected chi connectivity index (χ0v) is 15.5. The van der Waals surface area contributed by atoms with Gasteiger partial charge in [-0.25, -0.2) is 4.99 Å². The number of nitrogens with zero attached hydrogens (tertiary/aromatic N) is 3. The molecule has 0 atom stereocenters. The third-order valence-corrected chi connectivity index (χ3v) is 4.50. The molecule has 3 aromatic rings. The van der Waals surface area contributed by atoms with Crippen molar-refractivity contribution >= 4 is 29.2 Å². The zero-order chi connectivity index (χ0) is 21.3. The number of non-ortho nitro benzene ring substituents is 1. The number of carbonyl (C=O) groups excluding carboxylic acids is 1. The molecule has 0 saturated heterocycles. The number of amidine groups is 1. The summed E-state index contributed by atoms with van der Waals surface area (Å²) in [6, 6.07) is 18.7. The van der Waals surface area contributed by atoms with Gasteiger partial charge in [0.1, 0.15) is 23.0 Å². The molecule has 0 bridgehead atoms. The van der Waals surface area contributed by atoms with E-state index in [-0.39, 0.29) is 28.7 Å². The number of nitro benzene ring substituents is 1. The molecule has 0 unspecified atom stereocenters. The van der Waals surface area contributed by atoms with E-state index in [1.807, 2.05) is 6.07 Å². The molecule has 0 radical (unpaired) electrons. The molecule has 0 aliphatic carbocycles. The van der Waals surface area contributed by atoms with E-state index in [0.717, 1.165) is 6.07 Å². The molecule has 1 aliphatic rings. The number of phenolic OH excluding ortho intramolecular Hbond substituents is 2. The van der Waals surface area contributed by atoms with E-state index in [0.29, 0.717) is 11.1 Å². The summed E-state index contributed by atoms with van der Waals surface area (Å²) in [5.74, 6) is -0.520. The average Bonchev–Trinajstić information content (AvgIpc) is 3.06. The highest BCUT2D eigenvalue weighted by atomic mass is 16.6. The summed E-state index contributed by atoms with van der Waals surface area (Å²) in [5.41, 5.74) is 1.21. The van der Waals surface area contributed by atoms with Gasteiger partial charge in [0, 0.05) is 11.6 Å². The Labute approximate surface area is 170 Å². The molecule has 8 nitrogen and oxygen atoms in total. The Balaban J connectivity index is 1.83. The number of aromatic hydroxyl groups is 2. The highest BCUT2D eigenvalue weighted by Crippen LogP contribution is 2.36. The molecule has 0 spiro atoms. The van der Waals surface area contributed by atoms with Gasteiger partial charge in [-0.2, -0.15) is 0 Å². The Kier molecular flexibility index (Phi) is 4.73. The molecule has 0 saturated carbocycles. The van der Waals surface area contributed by atoms with Crippen molar-refractivity contribution in [2.45, 2.75) is 0 Å². The number of nitro groups is 1. The highest BCUT2D eigenvalue weighted by molar-refractivity contribution is 6.33. The van der Waals surface area contributed by atoms with E-state index < -0.39 is 16.6 Å². The molecule has 1 heterocycles. The predicted molar refractivity (Wildman–Crippen MR) is 111 cm³/mol. The van der Waals surface area contributed by atoms with Gasteiger partial charge in [0.05, 0.1) is 16.7 Å². The van der Waals surface area contributed by atoms with Crippen molar-refractivity contribution in [3.8, 4) is 11.5 Å². The van der Waals surface area contributed by atoms with Crippen molar-refractivity contribution in [3.63, 3.8) is 0 Å². The minimum Gasteiger partial charge on any atom is -0.508 e. The number of anilines is 1. The summed E-state index contributed by atoms with van der Waals surface area (Å²) in [7, 11) is 0. The van der Waals surface area contributed by atoms with Crippen LogP contribution >= 0.6 is 0 Å². The van der Waals surface area contributed by atoms with Gasteiger partial charge in [0.2, 0.25) is 0 Å². The topological polar surface area (TPSA) is 116 Å². The number of amides is 1. The first-order valence-electron chi connectivity index (χ1n) is 8.91. The lowest BCUT2D eigenvalue weighted by Gasteiger charge is -2.19. The van der Waals surface area contributed by atoms with Gasteiger partial charge >= 0.3 is 0 Å². The second-order valence-electron chi connectivity index (χ2n) is 6.49. The molecule has 0 aromatic heterocycles. The van der Waals surface area contributed by atoms with Crippen LogP contribution in [-0.4, -0.2) is 26.9 Å². The summed E-state index contributed by atoms with van der Waals surface area (Å²) in [5, 5.41) is 30.8. The number of rotatable bonds is 4. The van der Waals surface area contributed by atoms with Crippen LogP contribution in [0.25, 0.3) is 6.08 Å². The van der Waals surface area contributed by atoms with E-state index >= 15 is 0 Å². The molecule has 30 heavy (non-hydrogen) atoms. The van der Waals surface area contributed by atoms with Crippen molar-refractivity contribution in [2.75, 3.05) is 4.90 Å². The molecule has 1 amide bonds. The fourth-order valence-electron chi connectivity index (χ4n) is 3.06. The van der Waals surface area contributed by atoms with Crippen LogP contribution in [0.5, 0.6) is 11.5 Å². The highest BCUT2D eigenvalue weighted by Gasteiger charge is 2.34. The molecule has 3 aromatic carbocycles. The minimum absolute atomic E-state index is 0.0855. The summed E-state index contributed by atoms with van der Waals surface area (Å²) < 4.78 is 0. The maximum atomic E-state index is 13.2. The average molecular weight is 401 g/mol. The fraction of sp³-hybridized carbons (Fsp3) is 0. The summed E-state index contributed by atoms with van der Waals surface area (Å²) in [4.78, 5) is 29.2. The van der Waals surface area contributed by atoms with Crippen LogP contribution in [0.3, 0.4) is 0 Å². The van der Waals surface area contributed by atoms with Crippen LogP contribution in [-0.2, 0) is 4.79 Å². The monoisotopic (exact) mass is 401 g/mol. The number of phenols is 2. The van der Waals surface area contributed by atoms with E-state index in [2.05, 4.69) is 4.99 Å². The Bertz CT molecular complexity index is 1200. The number of carbonyl (C=O) groups is 1. The quantitative estimate of drug-likeness (QED) is 0.391. The molecule has 8 heteroatoms. The van der Waals surface area contributed by atoms with Gasteiger partial charge < -0.3 is 10.2 Å². The van der Waals surface area contributed by atoms with Crippen LogP contribution < -0.4 is 4.90 Å². The second kappa shape index (κ2) is 7.51. The lowest BCUT2D eigenvalue weighted by atomic mass is 10.1. The summed E-state index contributed by atoms with van der Waals surface area (Å²) >= 11 is 0. The maximum absolute atomic E-state index is 13.2. The number of hydrogen-bond acceptors (Lipinski definition) is 6. The van der Waals surface area contributed by atoms with Gasteiger partial charge in [0.15, 0.2) is 0 Å². The molecule has 148 valence electrons. The first-order chi connectivity index (χ1) is 14.4. The molecular formula is C22H15N3O5. The lowest BCUT2D eigenvalue weighted by Crippen LogP contribution is -2.32. The Morgan fingerprint density at radius 3 is 2.30 bits per heavy atom. The van der Waals surface area contributed by atoms with Gasteiger partial charge in [-0.3, -0.25) is 19.8 Å². The van der Waals surface area contributed by atoms with Gasteiger partial charge in [-0.05, 0) is 29.8 Å². The largest absolute Gasteiger partial charge is 0.508 e. The van der Waals surface area contributed by atoms with Crippen molar-refractivity contribution in [1.29, 1.82) is 0 Å². The number of benzene rings is 3. The third kappa shape index (κ3) is 3.49. The number of hydrogen-bond donors (Lipinski definition) is 2. The standard InChI is InChI=1S/C22H15N3O5/c26-17-9-6-14(7-10-17)12-18-22(28)24(21(23-18)15-4-2-1-3-5-15)19-11-8-16(25(29)30)13-20(19)27/h1-13,26-27H. The van der Waals surface area contributed by atoms with Crippen molar-refractivity contribution in [1.82, 2.24) is 0 Å². The van der Waals surface area contributed by atoms with Crippen LogP contribution in [0.1, 0.15) is 11.1 Å². The molecule has 2 N–H and O–H groups in total. The van der Waals surface area contributed by atoms with E-state index in [1.54, 1.807) is 42.5 Å². The number of aliphatic imine (C=N–C) groups is 1. The van der Waals surface area contributed by atoms with Crippen LogP contribution in [0.2, 0.25) is 0 Å². The third-order valence-electron chi connectivity index (χ3n) is 4.50. The first kappa shape index (κ1) is 18.9. The predicted octanol–water partition coefficient (Wildman–Crippen LogP) is 3.84. The smallest absolute Gasteiger partial charge is 0.282 e. The molecule has 4 rings (SSSR count). The Morgan fingerprint density at radius 2 is 1.67 bits per heavy atom. The summed E-state index contributed by atoms with van der Waals surface area (Å²) in [6.45, 7) is 0. The van der Waals surface area contributed by atoms with E-state index in [1.165, 1.54) is 29.2 Å². The summed E-state index contributed by atoms with van der Waals surface area (Å²) in [6.07, 6.45) is 1.56. The Hall–Kier alpha value is -4.46. The van der Waals surface area contributed by atoms with Gasteiger partial charge in [-0.15, -0.1) is 0 Å². The van der Waals surface area contributed by atoms with Crippen LogP contribution in [0.4, 0.5) is 11.4 Å².